The fourth-order valence-electron chi connectivity index (χ4n) is 2.18. The molecular formula is C12H12N2OS. The monoisotopic (exact) mass is 232 g/mol. The van der Waals surface area contributed by atoms with Crippen LogP contribution in [-0.4, -0.2) is 18.3 Å². The van der Waals surface area contributed by atoms with Crippen molar-refractivity contribution in [3.05, 3.63) is 36.4 Å². The summed E-state index contributed by atoms with van der Waals surface area (Å²) in [5, 5.41) is 2.36. The fraction of sp³-hybridized carbons (Fsp3) is 0.167. The number of rotatable bonds is 0. The molecule has 3 rings (SSSR count). The van der Waals surface area contributed by atoms with Crippen LogP contribution in [0.15, 0.2) is 36.4 Å². The molecule has 0 radical (unpaired) electrons. The van der Waals surface area contributed by atoms with Crippen molar-refractivity contribution in [3.63, 3.8) is 0 Å². The summed E-state index contributed by atoms with van der Waals surface area (Å²) in [5.74, 6) is 0. The second-order valence-corrected chi connectivity index (χ2v) is 5.43. The van der Waals surface area contributed by atoms with E-state index >= 15 is 0 Å². The second-order valence-electron chi connectivity index (χ2n) is 3.88. The molecule has 0 aliphatic carbocycles. The van der Waals surface area contributed by atoms with E-state index in [1.165, 1.54) is 10.8 Å². The number of nitrogens with zero attached hydrogens (tertiary/aromatic N) is 2. The smallest absolute Gasteiger partial charge is 0.225 e. The minimum Gasteiger partial charge on any atom is -0.277 e. The first-order chi connectivity index (χ1) is 7.70. The van der Waals surface area contributed by atoms with Gasteiger partial charge in [-0.1, -0.05) is 24.3 Å². The maximum absolute atomic E-state index is 12.1. The summed E-state index contributed by atoms with van der Waals surface area (Å²) >= 11 is -1.13. The van der Waals surface area contributed by atoms with Gasteiger partial charge in [0.1, 0.15) is 0 Å². The Balaban J connectivity index is 2.47. The summed E-state index contributed by atoms with van der Waals surface area (Å²) < 4.78 is 15.7. The first kappa shape index (κ1) is 9.66. The van der Waals surface area contributed by atoms with Crippen LogP contribution in [0, 0.1) is 0 Å². The zero-order chi connectivity index (χ0) is 11.3. The quantitative estimate of drug-likeness (QED) is 0.683. The Morgan fingerprint density at radius 2 is 1.44 bits per heavy atom. The van der Waals surface area contributed by atoms with Crippen LogP contribution in [0.4, 0.5) is 11.4 Å². The Labute approximate surface area is 97.0 Å². The van der Waals surface area contributed by atoms with Crippen molar-refractivity contribution < 1.29 is 4.21 Å². The molecule has 16 heavy (non-hydrogen) atoms. The van der Waals surface area contributed by atoms with E-state index in [0.29, 0.717) is 0 Å². The van der Waals surface area contributed by atoms with Crippen molar-refractivity contribution in [2.24, 2.45) is 0 Å². The molecule has 0 saturated carbocycles. The third-order valence-corrected chi connectivity index (χ3v) is 4.34. The topological polar surface area (TPSA) is 23.6 Å². The molecule has 0 atom stereocenters. The number of hydrogen-bond donors (Lipinski definition) is 0. The SMILES string of the molecule is CN1c2cccc3cccc(c23)N(C)S1=O. The fourth-order valence-corrected chi connectivity index (χ4v) is 3.19. The van der Waals surface area contributed by atoms with Gasteiger partial charge >= 0.3 is 0 Å². The van der Waals surface area contributed by atoms with Gasteiger partial charge in [-0.05, 0) is 17.5 Å². The molecule has 0 saturated heterocycles. The van der Waals surface area contributed by atoms with Crippen LogP contribution in [0.5, 0.6) is 0 Å². The van der Waals surface area contributed by atoms with Crippen LogP contribution in [0.1, 0.15) is 0 Å². The highest BCUT2D eigenvalue weighted by atomic mass is 32.2. The predicted molar refractivity (Wildman–Crippen MR) is 68.9 cm³/mol. The van der Waals surface area contributed by atoms with Gasteiger partial charge in [0, 0.05) is 19.5 Å². The summed E-state index contributed by atoms with van der Waals surface area (Å²) in [4.78, 5) is 0. The van der Waals surface area contributed by atoms with Gasteiger partial charge in [-0.3, -0.25) is 8.61 Å². The Morgan fingerprint density at radius 3 is 1.94 bits per heavy atom. The maximum atomic E-state index is 12.1. The Hall–Kier alpha value is -1.55. The van der Waals surface area contributed by atoms with Gasteiger partial charge in [-0.15, -0.1) is 0 Å². The molecule has 1 aliphatic rings. The van der Waals surface area contributed by atoms with E-state index in [1.54, 1.807) is 8.61 Å². The molecule has 0 spiro atoms. The highest BCUT2D eigenvalue weighted by Crippen LogP contribution is 2.39. The van der Waals surface area contributed by atoms with Crippen LogP contribution in [0.25, 0.3) is 10.8 Å². The van der Waals surface area contributed by atoms with Gasteiger partial charge in [-0.2, -0.15) is 0 Å². The highest BCUT2D eigenvalue weighted by Gasteiger charge is 2.25. The summed E-state index contributed by atoms with van der Waals surface area (Å²) in [6.07, 6.45) is 0. The molecule has 0 amide bonds. The van der Waals surface area contributed by atoms with Crippen molar-refractivity contribution in [1.29, 1.82) is 0 Å². The average molecular weight is 232 g/mol. The Bertz CT molecular complexity index is 550. The molecular weight excluding hydrogens is 220 g/mol. The lowest BCUT2D eigenvalue weighted by molar-refractivity contribution is 0.680. The van der Waals surface area contributed by atoms with Gasteiger partial charge < -0.3 is 0 Å². The minimum atomic E-state index is -1.13. The summed E-state index contributed by atoms with van der Waals surface area (Å²) in [6.45, 7) is 0. The molecule has 0 fully saturated rings. The van der Waals surface area contributed by atoms with Crippen molar-refractivity contribution >= 4 is 33.3 Å². The lowest BCUT2D eigenvalue weighted by Crippen LogP contribution is -2.37. The highest BCUT2D eigenvalue weighted by molar-refractivity contribution is 7.88. The van der Waals surface area contributed by atoms with E-state index < -0.39 is 11.2 Å². The van der Waals surface area contributed by atoms with Crippen molar-refractivity contribution in [2.75, 3.05) is 22.7 Å². The van der Waals surface area contributed by atoms with Crippen LogP contribution in [0.2, 0.25) is 0 Å². The molecule has 0 bridgehead atoms. The van der Waals surface area contributed by atoms with E-state index in [4.69, 9.17) is 0 Å². The molecule has 82 valence electrons. The molecule has 0 N–H and O–H groups in total. The second kappa shape index (κ2) is 3.22. The first-order valence-corrected chi connectivity index (χ1v) is 6.18. The van der Waals surface area contributed by atoms with Crippen LogP contribution >= 0.6 is 0 Å². The molecule has 4 heteroatoms. The van der Waals surface area contributed by atoms with Crippen molar-refractivity contribution in [1.82, 2.24) is 0 Å². The minimum absolute atomic E-state index is 1.03. The molecule has 0 unspecified atom stereocenters. The third-order valence-electron chi connectivity index (χ3n) is 3.01. The van der Waals surface area contributed by atoms with Gasteiger partial charge in [0.05, 0.1) is 11.4 Å². The largest absolute Gasteiger partial charge is 0.277 e. The van der Waals surface area contributed by atoms with Gasteiger partial charge in [0.25, 0.3) is 0 Å². The van der Waals surface area contributed by atoms with E-state index in [-0.39, 0.29) is 0 Å². The normalized spacial score (nSPS) is 15.9. The zero-order valence-electron chi connectivity index (χ0n) is 9.18. The lowest BCUT2D eigenvalue weighted by atomic mass is 10.1. The van der Waals surface area contributed by atoms with Crippen LogP contribution < -0.4 is 8.61 Å². The average Bonchev–Trinajstić information content (AvgIpc) is 2.33. The molecule has 3 nitrogen and oxygen atoms in total. The molecule has 2 aromatic rings. The molecule has 2 aromatic carbocycles. The summed E-state index contributed by atoms with van der Waals surface area (Å²) in [6, 6.07) is 12.2. The Morgan fingerprint density at radius 1 is 0.938 bits per heavy atom. The van der Waals surface area contributed by atoms with Crippen LogP contribution in [-0.2, 0) is 11.2 Å². The summed E-state index contributed by atoms with van der Waals surface area (Å²) in [7, 11) is 3.72. The number of hydrogen-bond acceptors (Lipinski definition) is 1. The lowest BCUT2D eigenvalue weighted by Gasteiger charge is -2.33. The van der Waals surface area contributed by atoms with Crippen molar-refractivity contribution in [2.45, 2.75) is 0 Å². The van der Waals surface area contributed by atoms with Gasteiger partial charge in [0.15, 0.2) is 0 Å². The van der Waals surface area contributed by atoms with Crippen LogP contribution in [0.3, 0.4) is 0 Å². The Kier molecular flexibility index (Phi) is 1.94. The van der Waals surface area contributed by atoms with Gasteiger partial charge in [0.2, 0.25) is 11.2 Å². The van der Waals surface area contributed by atoms with E-state index in [9.17, 15) is 4.21 Å². The van der Waals surface area contributed by atoms with E-state index in [0.717, 1.165) is 11.4 Å². The predicted octanol–water partition coefficient (Wildman–Crippen LogP) is 2.30. The van der Waals surface area contributed by atoms with E-state index in [2.05, 4.69) is 12.1 Å². The van der Waals surface area contributed by atoms with Gasteiger partial charge in [-0.25, -0.2) is 4.21 Å². The standard InChI is InChI=1S/C12H12N2OS/c1-13-10-7-3-5-9-6-4-8-11(12(9)10)14(2)16(13)15/h3-8H,1-2H3. The molecule has 1 aliphatic heterocycles. The summed E-state index contributed by atoms with van der Waals surface area (Å²) in [5.41, 5.74) is 2.06. The van der Waals surface area contributed by atoms with Crippen molar-refractivity contribution in [3.8, 4) is 0 Å². The molecule has 0 aromatic heterocycles. The molecule has 1 heterocycles. The zero-order valence-corrected chi connectivity index (χ0v) is 9.99. The third kappa shape index (κ3) is 1.10. The maximum Gasteiger partial charge on any atom is 0.225 e. The first-order valence-electron chi connectivity index (χ1n) is 5.11. The number of anilines is 2. The van der Waals surface area contributed by atoms with E-state index in [1.807, 2.05) is 38.4 Å². The number of benzene rings is 2.